The maximum Gasteiger partial charge on any atom is 0.161 e. The number of hydrogen-bond donors (Lipinski definition) is 2. The van der Waals surface area contributed by atoms with Crippen molar-refractivity contribution in [3.8, 4) is 11.5 Å². The van der Waals surface area contributed by atoms with E-state index in [1.165, 1.54) is 6.07 Å². The fourth-order valence-electron chi connectivity index (χ4n) is 1.12. The Hall–Kier alpha value is -0.930. The van der Waals surface area contributed by atoms with E-state index >= 15 is 0 Å². The average molecular weight is 200 g/mol. The van der Waals surface area contributed by atoms with Gasteiger partial charge in [0.15, 0.2) is 11.5 Å². The van der Waals surface area contributed by atoms with Gasteiger partial charge in [0.25, 0.3) is 0 Å². The van der Waals surface area contributed by atoms with Gasteiger partial charge in [-0.05, 0) is 12.1 Å². The smallest absolute Gasteiger partial charge is 0.161 e. The predicted octanol–water partition coefficient (Wildman–Crippen LogP) is 1.40. The highest BCUT2D eigenvalue weighted by molar-refractivity contribution is 6.30. The Labute approximate surface area is 81.3 Å². The first-order valence-corrected chi connectivity index (χ1v) is 4.49. The van der Waals surface area contributed by atoms with Gasteiger partial charge in [-0.15, -0.1) is 0 Å². The first kappa shape index (κ1) is 8.66. The number of phenolic OH excluding ortho intramolecular Hbond substituents is 1. The second kappa shape index (κ2) is 3.44. The lowest BCUT2D eigenvalue weighted by Crippen LogP contribution is -2.50. The molecule has 1 fully saturated rings. The van der Waals surface area contributed by atoms with Gasteiger partial charge in [-0.25, -0.2) is 0 Å². The van der Waals surface area contributed by atoms with Crippen molar-refractivity contribution < 1.29 is 9.84 Å². The number of halogens is 1. The molecule has 0 amide bonds. The summed E-state index contributed by atoms with van der Waals surface area (Å²) < 4.78 is 5.46. The molecular formula is C9H10ClNO2. The summed E-state index contributed by atoms with van der Waals surface area (Å²) in [5.41, 5.74) is 0. The molecule has 0 unspecified atom stereocenters. The summed E-state index contributed by atoms with van der Waals surface area (Å²) >= 11 is 5.67. The van der Waals surface area contributed by atoms with Gasteiger partial charge in [-0.3, -0.25) is 0 Å². The molecule has 1 aromatic carbocycles. The van der Waals surface area contributed by atoms with E-state index in [9.17, 15) is 5.11 Å². The van der Waals surface area contributed by atoms with Crippen LogP contribution in [0.15, 0.2) is 18.2 Å². The summed E-state index contributed by atoms with van der Waals surface area (Å²) in [6.45, 7) is 1.67. The SMILES string of the molecule is Oc1cc(Cl)ccc1OC1CNC1. The van der Waals surface area contributed by atoms with Crippen LogP contribution in [0, 0.1) is 0 Å². The molecule has 0 bridgehead atoms. The summed E-state index contributed by atoms with van der Waals surface area (Å²) in [5.74, 6) is 0.593. The third-order valence-electron chi connectivity index (χ3n) is 1.96. The van der Waals surface area contributed by atoms with Crippen molar-refractivity contribution in [2.75, 3.05) is 13.1 Å². The second-order valence-corrected chi connectivity index (χ2v) is 3.45. The summed E-state index contributed by atoms with van der Waals surface area (Å²) in [6.07, 6.45) is 0.173. The normalized spacial score (nSPS) is 16.7. The molecule has 0 aromatic heterocycles. The molecule has 13 heavy (non-hydrogen) atoms. The van der Waals surface area contributed by atoms with Crippen LogP contribution in [0.25, 0.3) is 0 Å². The summed E-state index contributed by atoms with van der Waals surface area (Å²) in [5, 5.41) is 13.0. The Morgan fingerprint density at radius 1 is 1.46 bits per heavy atom. The molecule has 4 heteroatoms. The number of benzene rings is 1. The Morgan fingerprint density at radius 3 is 2.77 bits per heavy atom. The maximum absolute atomic E-state index is 9.43. The molecule has 1 saturated heterocycles. The molecular weight excluding hydrogens is 190 g/mol. The number of phenols is 1. The van der Waals surface area contributed by atoms with Gasteiger partial charge in [-0.2, -0.15) is 0 Å². The molecule has 1 aliphatic rings. The van der Waals surface area contributed by atoms with Crippen molar-refractivity contribution in [3.05, 3.63) is 23.2 Å². The molecule has 0 radical (unpaired) electrons. The average Bonchev–Trinajstić information content (AvgIpc) is 1.99. The highest BCUT2D eigenvalue weighted by atomic mass is 35.5. The van der Waals surface area contributed by atoms with Gasteiger partial charge >= 0.3 is 0 Å². The lowest BCUT2D eigenvalue weighted by molar-refractivity contribution is 0.137. The highest BCUT2D eigenvalue weighted by Gasteiger charge is 2.19. The van der Waals surface area contributed by atoms with Crippen LogP contribution in [0.1, 0.15) is 0 Å². The lowest BCUT2D eigenvalue weighted by Gasteiger charge is -2.28. The zero-order valence-corrected chi connectivity index (χ0v) is 7.71. The van der Waals surface area contributed by atoms with E-state index in [0.29, 0.717) is 10.8 Å². The van der Waals surface area contributed by atoms with E-state index in [1.807, 2.05) is 0 Å². The number of nitrogens with one attached hydrogen (secondary N) is 1. The monoisotopic (exact) mass is 199 g/mol. The van der Waals surface area contributed by atoms with Crippen molar-refractivity contribution in [1.29, 1.82) is 0 Å². The van der Waals surface area contributed by atoms with Crippen molar-refractivity contribution in [1.82, 2.24) is 5.32 Å². The Bertz CT molecular complexity index is 312. The molecule has 70 valence electrons. The van der Waals surface area contributed by atoms with Crippen LogP contribution < -0.4 is 10.1 Å². The van der Waals surface area contributed by atoms with Gasteiger partial charge in [0, 0.05) is 24.2 Å². The number of aromatic hydroxyl groups is 1. The first-order chi connectivity index (χ1) is 6.25. The molecule has 3 nitrogen and oxygen atoms in total. The lowest BCUT2D eigenvalue weighted by atomic mass is 10.2. The van der Waals surface area contributed by atoms with E-state index in [2.05, 4.69) is 5.32 Å². The van der Waals surface area contributed by atoms with E-state index in [-0.39, 0.29) is 11.9 Å². The second-order valence-electron chi connectivity index (χ2n) is 3.01. The quantitative estimate of drug-likeness (QED) is 0.757. The largest absolute Gasteiger partial charge is 0.504 e. The van der Waals surface area contributed by atoms with E-state index in [4.69, 9.17) is 16.3 Å². The molecule has 2 rings (SSSR count). The highest BCUT2D eigenvalue weighted by Crippen LogP contribution is 2.29. The van der Waals surface area contributed by atoms with E-state index in [0.717, 1.165) is 13.1 Å². The van der Waals surface area contributed by atoms with Crippen LogP contribution >= 0.6 is 11.6 Å². The molecule has 1 aromatic rings. The fraction of sp³-hybridized carbons (Fsp3) is 0.333. The van der Waals surface area contributed by atoms with Gasteiger partial charge in [0.2, 0.25) is 0 Å². The van der Waals surface area contributed by atoms with Crippen molar-refractivity contribution in [2.45, 2.75) is 6.10 Å². The summed E-state index contributed by atoms with van der Waals surface area (Å²) in [4.78, 5) is 0. The predicted molar refractivity (Wildman–Crippen MR) is 50.4 cm³/mol. The van der Waals surface area contributed by atoms with Gasteiger partial charge < -0.3 is 15.2 Å². The van der Waals surface area contributed by atoms with Gasteiger partial charge in [0.05, 0.1) is 0 Å². The van der Waals surface area contributed by atoms with Gasteiger partial charge in [-0.1, -0.05) is 11.6 Å². The van der Waals surface area contributed by atoms with Crippen LogP contribution in [-0.2, 0) is 0 Å². The number of hydrogen-bond acceptors (Lipinski definition) is 3. The van der Waals surface area contributed by atoms with Crippen molar-refractivity contribution in [3.63, 3.8) is 0 Å². The van der Waals surface area contributed by atoms with Gasteiger partial charge in [0.1, 0.15) is 6.10 Å². The molecule has 0 spiro atoms. The minimum absolute atomic E-state index is 0.0967. The molecule has 1 heterocycles. The van der Waals surface area contributed by atoms with Crippen LogP contribution in [0.4, 0.5) is 0 Å². The molecule has 0 saturated carbocycles. The van der Waals surface area contributed by atoms with Crippen molar-refractivity contribution in [2.24, 2.45) is 0 Å². The zero-order valence-electron chi connectivity index (χ0n) is 6.96. The van der Waals surface area contributed by atoms with Crippen molar-refractivity contribution >= 4 is 11.6 Å². The Morgan fingerprint density at radius 2 is 2.23 bits per heavy atom. The molecule has 0 atom stereocenters. The third-order valence-corrected chi connectivity index (χ3v) is 2.19. The minimum atomic E-state index is 0.0967. The maximum atomic E-state index is 9.43. The molecule has 1 aliphatic heterocycles. The van der Waals surface area contributed by atoms with Crippen LogP contribution in [0.3, 0.4) is 0 Å². The summed E-state index contributed by atoms with van der Waals surface area (Å²) in [6, 6.07) is 4.85. The van der Waals surface area contributed by atoms with Crippen LogP contribution in [0.5, 0.6) is 11.5 Å². The number of ether oxygens (including phenoxy) is 1. The molecule has 0 aliphatic carbocycles. The molecule has 2 N–H and O–H groups in total. The first-order valence-electron chi connectivity index (χ1n) is 4.11. The Balaban J connectivity index is 2.10. The summed E-state index contributed by atoms with van der Waals surface area (Å²) in [7, 11) is 0. The topological polar surface area (TPSA) is 41.5 Å². The van der Waals surface area contributed by atoms with Crippen LogP contribution in [0.2, 0.25) is 5.02 Å². The fourth-order valence-corrected chi connectivity index (χ4v) is 1.28. The minimum Gasteiger partial charge on any atom is -0.504 e. The van der Waals surface area contributed by atoms with Crippen LogP contribution in [-0.4, -0.2) is 24.3 Å². The third kappa shape index (κ3) is 1.87. The zero-order chi connectivity index (χ0) is 9.26. The van der Waals surface area contributed by atoms with E-state index in [1.54, 1.807) is 12.1 Å². The van der Waals surface area contributed by atoms with E-state index < -0.39 is 0 Å². The Kier molecular flexibility index (Phi) is 2.29. The number of rotatable bonds is 2. The standard InChI is InChI=1S/C9H10ClNO2/c10-6-1-2-9(8(12)3-6)13-7-4-11-5-7/h1-3,7,11-12H,4-5H2.